The monoisotopic (exact) mass is 444 g/mol. The number of benzene rings is 1. The van der Waals surface area contributed by atoms with E-state index in [1.54, 1.807) is 36.0 Å². The number of aromatic nitrogens is 3. The molecule has 3 N–H and O–H groups in total. The third-order valence-electron chi connectivity index (χ3n) is 4.11. The molecule has 7 nitrogen and oxygen atoms in total. The topological polar surface area (TPSA) is 91.8 Å². The van der Waals surface area contributed by atoms with Crippen molar-refractivity contribution < 1.29 is 4.79 Å². The molecule has 1 aromatic carbocycles. The second-order valence-electron chi connectivity index (χ2n) is 6.21. The molecule has 0 bridgehead atoms. The number of thiophene rings is 1. The highest BCUT2D eigenvalue weighted by Gasteiger charge is 2.09. The number of carbonyl (C=O) groups excluding carboxylic acids is 1. The Kier molecular flexibility index (Phi) is 5.89. The van der Waals surface area contributed by atoms with Crippen molar-refractivity contribution in [3.63, 3.8) is 0 Å². The number of aryl methyl sites for hydroxylation is 1. The summed E-state index contributed by atoms with van der Waals surface area (Å²) >= 11 is 9.14. The molecule has 0 radical (unpaired) electrons. The van der Waals surface area contributed by atoms with Gasteiger partial charge in [-0.25, -0.2) is 19.7 Å². The smallest absolute Gasteiger partial charge is 0.325 e. The number of urea groups is 1. The Labute approximate surface area is 180 Å². The van der Waals surface area contributed by atoms with E-state index >= 15 is 0 Å². The van der Waals surface area contributed by atoms with Crippen molar-refractivity contribution in [1.82, 2.24) is 15.0 Å². The SMILES string of the molecule is Cc1ccc(NC(=O)Nc2ncc(CCNc3ncnc4ccsc34)s2)cc1Cl. The molecule has 0 aliphatic rings. The van der Waals surface area contributed by atoms with Crippen LogP contribution >= 0.6 is 34.3 Å². The highest BCUT2D eigenvalue weighted by atomic mass is 35.5. The summed E-state index contributed by atoms with van der Waals surface area (Å²) in [6, 6.07) is 6.99. The van der Waals surface area contributed by atoms with Crippen LogP contribution in [0.4, 0.5) is 21.4 Å². The fourth-order valence-corrected chi connectivity index (χ4v) is 4.43. The molecule has 29 heavy (non-hydrogen) atoms. The molecule has 3 heterocycles. The minimum absolute atomic E-state index is 0.356. The number of rotatable bonds is 6. The Hall–Kier alpha value is -2.75. The molecule has 3 aromatic heterocycles. The summed E-state index contributed by atoms with van der Waals surface area (Å²) in [6.07, 6.45) is 4.10. The molecule has 4 rings (SSSR count). The Morgan fingerprint density at radius 2 is 2.07 bits per heavy atom. The summed E-state index contributed by atoms with van der Waals surface area (Å²) in [5, 5.41) is 12.0. The molecule has 10 heteroatoms. The number of amides is 2. The minimum atomic E-state index is -0.356. The van der Waals surface area contributed by atoms with E-state index in [2.05, 4.69) is 30.9 Å². The molecular weight excluding hydrogens is 428 g/mol. The summed E-state index contributed by atoms with van der Waals surface area (Å²) in [5.41, 5.74) is 2.53. The number of anilines is 3. The Morgan fingerprint density at radius 3 is 2.93 bits per heavy atom. The van der Waals surface area contributed by atoms with Gasteiger partial charge >= 0.3 is 6.03 Å². The molecule has 2 amide bonds. The number of halogens is 1. The first-order chi connectivity index (χ1) is 14.1. The van der Waals surface area contributed by atoms with Crippen LogP contribution in [0.15, 0.2) is 42.2 Å². The van der Waals surface area contributed by atoms with Gasteiger partial charge in [-0.15, -0.1) is 22.7 Å². The fourth-order valence-electron chi connectivity index (χ4n) is 2.63. The van der Waals surface area contributed by atoms with Gasteiger partial charge in [0.25, 0.3) is 0 Å². The molecule has 0 aliphatic carbocycles. The maximum absolute atomic E-state index is 12.2. The van der Waals surface area contributed by atoms with E-state index in [1.807, 2.05) is 24.4 Å². The van der Waals surface area contributed by atoms with Gasteiger partial charge in [0, 0.05) is 34.7 Å². The number of hydrogen-bond acceptors (Lipinski definition) is 7. The van der Waals surface area contributed by atoms with Crippen LogP contribution in [0.3, 0.4) is 0 Å². The normalized spacial score (nSPS) is 10.8. The van der Waals surface area contributed by atoms with Crippen LogP contribution in [0, 0.1) is 6.92 Å². The zero-order chi connectivity index (χ0) is 20.2. The zero-order valence-corrected chi connectivity index (χ0v) is 17.8. The highest BCUT2D eigenvalue weighted by Crippen LogP contribution is 2.25. The molecule has 0 fully saturated rings. The quantitative estimate of drug-likeness (QED) is 0.370. The van der Waals surface area contributed by atoms with Crippen LogP contribution in [0.25, 0.3) is 10.2 Å². The van der Waals surface area contributed by atoms with E-state index in [9.17, 15) is 4.79 Å². The van der Waals surface area contributed by atoms with Crippen LogP contribution in [0.2, 0.25) is 5.02 Å². The molecule has 4 aromatic rings. The third kappa shape index (κ3) is 4.81. The predicted molar refractivity (Wildman–Crippen MR) is 121 cm³/mol. The van der Waals surface area contributed by atoms with Gasteiger partial charge in [-0.1, -0.05) is 17.7 Å². The number of nitrogens with one attached hydrogen (secondary N) is 3. The summed E-state index contributed by atoms with van der Waals surface area (Å²) < 4.78 is 1.05. The van der Waals surface area contributed by atoms with Crippen molar-refractivity contribution in [1.29, 1.82) is 0 Å². The van der Waals surface area contributed by atoms with Crippen molar-refractivity contribution in [3.05, 3.63) is 57.6 Å². The van der Waals surface area contributed by atoms with Crippen LogP contribution in [0.1, 0.15) is 10.4 Å². The van der Waals surface area contributed by atoms with Gasteiger partial charge in [0.2, 0.25) is 0 Å². The Bertz CT molecular complexity index is 1160. The largest absolute Gasteiger partial charge is 0.368 e. The summed E-state index contributed by atoms with van der Waals surface area (Å²) in [5.74, 6) is 0.837. The van der Waals surface area contributed by atoms with E-state index in [0.717, 1.165) is 32.9 Å². The van der Waals surface area contributed by atoms with Gasteiger partial charge in [-0.05, 0) is 36.1 Å². The first kappa shape index (κ1) is 19.6. The standard InChI is InChI=1S/C19H17ClN6OS2/c1-11-2-3-12(8-14(11)20)25-18(27)26-19-22-9-13(29-19)4-6-21-17-16-15(5-7-28-16)23-10-24-17/h2-3,5,7-10H,4,6H2,1H3,(H,21,23,24)(H2,22,25,26,27). The van der Waals surface area contributed by atoms with Crippen LogP contribution < -0.4 is 16.0 Å². The molecule has 0 saturated carbocycles. The highest BCUT2D eigenvalue weighted by molar-refractivity contribution is 7.17. The second kappa shape index (κ2) is 8.73. The van der Waals surface area contributed by atoms with Gasteiger partial charge in [-0.3, -0.25) is 5.32 Å². The lowest BCUT2D eigenvalue weighted by molar-refractivity contribution is 0.262. The van der Waals surface area contributed by atoms with E-state index in [-0.39, 0.29) is 6.03 Å². The molecular formula is C19H17ClN6OS2. The number of fused-ring (bicyclic) bond motifs is 1. The molecule has 0 spiro atoms. The van der Waals surface area contributed by atoms with Crippen LogP contribution in [-0.4, -0.2) is 27.5 Å². The summed E-state index contributed by atoms with van der Waals surface area (Å²) in [6.45, 7) is 2.62. The van der Waals surface area contributed by atoms with E-state index < -0.39 is 0 Å². The maximum Gasteiger partial charge on any atom is 0.325 e. The van der Waals surface area contributed by atoms with E-state index in [1.165, 1.54) is 11.3 Å². The lowest BCUT2D eigenvalue weighted by Crippen LogP contribution is -2.19. The molecule has 148 valence electrons. The summed E-state index contributed by atoms with van der Waals surface area (Å²) in [7, 11) is 0. The zero-order valence-electron chi connectivity index (χ0n) is 15.4. The van der Waals surface area contributed by atoms with Crippen molar-refractivity contribution in [2.24, 2.45) is 0 Å². The Morgan fingerprint density at radius 1 is 1.17 bits per heavy atom. The minimum Gasteiger partial charge on any atom is -0.368 e. The first-order valence-corrected chi connectivity index (χ1v) is 10.9. The first-order valence-electron chi connectivity index (χ1n) is 8.79. The maximum atomic E-state index is 12.2. The average molecular weight is 445 g/mol. The predicted octanol–water partition coefficient (Wildman–Crippen LogP) is 5.41. The molecule has 0 atom stereocenters. The van der Waals surface area contributed by atoms with Gasteiger partial charge in [0.15, 0.2) is 5.13 Å². The number of thiazole rings is 1. The van der Waals surface area contributed by atoms with Crippen LogP contribution in [-0.2, 0) is 6.42 Å². The van der Waals surface area contributed by atoms with Crippen molar-refractivity contribution in [2.75, 3.05) is 22.5 Å². The number of hydrogen-bond donors (Lipinski definition) is 3. The molecule has 0 aliphatic heterocycles. The van der Waals surface area contributed by atoms with Gasteiger partial charge in [0.1, 0.15) is 12.1 Å². The number of carbonyl (C=O) groups is 1. The van der Waals surface area contributed by atoms with Crippen LogP contribution in [0.5, 0.6) is 0 Å². The van der Waals surface area contributed by atoms with E-state index in [4.69, 9.17) is 11.6 Å². The molecule has 0 saturated heterocycles. The Balaban J connectivity index is 1.29. The second-order valence-corrected chi connectivity index (χ2v) is 8.65. The van der Waals surface area contributed by atoms with Crippen molar-refractivity contribution >= 4 is 67.2 Å². The third-order valence-corrected chi connectivity index (χ3v) is 6.40. The molecule has 0 unspecified atom stereocenters. The summed E-state index contributed by atoms with van der Waals surface area (Å²) in [4.78, 5) is 26.0. The number of nitrogens with zero attached hydrogens (tertiary/aromatic N) is 3. The van der Waals surface area contributed by atoms with Gasteiger partial charge < -0.3 is 10.6 Å². The van der Waals surface area contributed by atoms with Crippen molar-refractivity contribution in [2.45, 2.75) is 13.3 Å². The fraction of sp³-hybridized carbons (Fsp3) is 0.158. The van der Waals surface area contributed by atoms with E-state index in [0.29, 0.717) is 22.4 Å². The lowest BCUT2D eigenvalue weighted by atomic mass is 10.2. The lowest BCUT2D eigenvalue weighted by Gasteiger charge is -2.07. The average Bonchev–Trinajstić information content (AvgIpc) is 3.34. The van der Waals surface area contributed by atoms with Gasteiger partial charge in [0.05, 0.1) is 10.2 Å². The van der Waals surface area contributed by atoms with Crippen molar-refractivity contribution in [3.8, 4) is 0 Å². The van der Waals surface area contributed by atoms with Gasteiger partial charge in [-0.2, -0.15) is 0 Å².